The molecule has 1 saturated heterocycles. The molecule has 1 fully saturated rings. The van der Waals surface area contributed by atoms with Crippen molar-refractivity contribution in [2.24, 2.45) is 0 Å². The number of carbonyl (C=O) groups excluding carboxylic acids is 1. The Balaban J connectivity index is 1.35. The Morgan fingerprint density at radius 2 is 1.88 bits per heavy atom. The lowest BCUT2D eigenvalue weighted by Crippen LogP contribution is -2.51. The van der Waals surface area contributed by atoms with Crippen LogP contribution in [-0.4, -0.2) is 59.5 Å². The number of nitrogens with two attached hydrogens (primary N) is 1. The van der Waals surface area contributed by atoms with E-state index in [1.807, 2.05) is 26.0 Å². The summed E-state index contributed by atoms with van der Waals surface area (Å²) in [6.45, 7) is 8.17. The minimum absolute atomic E-state index is 0.0709. The van der Waals surface area contributed by atoms with Crippen molar-refractivity contribution in [2.45, 2.75) is 32.7 Å². The Labute approximate surface area is 199 Å². The van der Waals surface area contributed by atoms with Gasteiger partial charge in [-0.05, 0) is 49.7 Å². The van der Waals surface area contributed by atoms with E-state index >= 15 is 0 Å². The van der Waals surface area contributed by atoms with Crippen LogP contribution < -0.4 is 16.0 Å². The number of carbonyl (C=O) groups is 1. The zero-order valence-electron chi connectivity index (χ0n) is 19.6. The number of benzene rings is 1. The highest BCUT2D eigenvalue weighted by Gasteiger charge is 2.24. The van der Waals surface area contributed by atoms with Crippen molar-refractivity contribution in [2.75, 3.05) is 43.4 Å². The van der Waals surface area contributed by atoms with Crippen LogP contribution >= 0.6 is 0 Å². The van der Waals surface area contributed by atoms with Crippen molar-refractivity contribution in [3.05, 3.63) is 59.7 Å². The van der Waals surface area contributed by atoms with Gasteiger partial charge in [0.25, 0.3) is 5.91 Å². The Morgan fingerprint density at radius 3 is 2.56 bits per heavy atom. The van der Waals surface area contributed by atoms with Gasteiger partial charge in [0.1, 0.15) is 17.5 Å². The molecule has 3 heterocycles. The van der Waals surface area contributed by atoms with Gasteiger partial charge in [0.2, 0.25) is 11.7 Å². The molecule has 0 radical (unpaired) electrons. The lowest BCUT2D eigenvalue weighted by Gasteiger charge is -2.36. The number of nitrogens with one attached hydrogen (secondary N) is 1. The van der Waals surface area contributed by atoms with E-state index in [1.54, 1.807) is 18.2 Å². The van der Waals surface area contributed by atoms with Crippen LogP contribution in [0.15, 0.2) is 46.9 Å². The standard InChI is InChI=1S/C25H31FN6O2/c1-3-5-20-23(34-25(29-20)18-8-10-19(26)11-9-18)24(33)28-17(2)16-31-12-14-32(15-13-31)22-7-4-6-21(27)30-22/h4,6-11,17H,3,5,12-16H2,1-2H3,(H2,27,30)(H,28,33). The van der Waals surface area contributed by atoms with Gasteiger partial charge in [0.05, 0.1) is 5.69 Å². The summed E-state index contributed by atoms with van der Waals surface area (Å²) in [5.41, 5.74) is 7.06. The van der Waals surface area contributed by atoms with Crippen LogP contribution in [-0.2, 0) is 6.42 Å². The zero-order chi connectivity index (χ0) is 24.1. The lowest BCUT2D eigenvalue weighted by atomic mass is 10.2. The number of piperazine rings is 1. The van der Waals surface area contributed by atoms with Gasteiger partial charge in [0, 0.05) is 44.3 Å². The van der Waals surface area contributed by atoms with E-state index in [4.69, 9.17) is 10.2 Å². The average Bonchev–Trinajstić information content (AvgIpc) is 3.24. The number of nitrogen functional groups attached to an aromatic ring is 1. The molecule has 0 saturated carbocycles. The number of hydrogen-bond acceptors (Lipinski definition) is 7. The van der Waals surface area contributed by atoms with Crippen molar-refractivity contribution < 1.29 is 13.6 Å². The molecule has 0 bridgehead atoms. The number of aryl methyl sites for hydroxylation is 1. The smallest absolute Gasteiger partial charge is 0.289 e. The van der Waals surface area contributed by atoms with Crippen LogP contribution in [0.5, 0.6) is 0 Å². The summed E-state index contributed by atoms with van der Waals surface area (Å²) in [6, 6.07) is 11.5. The van der Waals surface area contributed by atoms with E-state index in [2.05, 4.69) is 25.1 Å². The molecular formula is C25H31FN6O2. The minimum Gasteiger partial charge on any atom is -0.431 e. The van der Waals surface area contributed by atoms with Crippen LogP contribution in [0.2, 0.25) is 0 Å². The Kier molecular flexibility index (Phi) is 7.42. The molecule has 3 N–H and O–H groups in total. The number of halogens is 1. The van der Waals surface area contributed by atoms with E-state index in [9.17, 15) is 9.18 Å². The van der Waals surface area contributed by atoms with Gasteiger partial charge in [-0.2, -0.15) is 0 Å². The van der Waals surface area contributed by atoms with E-state index in [0.717, 1.165) is 45.0 Å². The van der Waals surface area contributed by atoms with E-state index in [0.29, 0.717) is 29.4 Å². The van der Waals surface area contributed by atoms with Gasteiger partial charge in [-0.3, -0.25) is 9.69 Å². The van der Waals surface area contributed by atoms with Gasteiger partial charge >= 0.3 is 0 Å². The molecule has 1 aromatic carbocycles. The van der Waals surface area contributed by atoms with E-state index in [1.165, 1.54) is 12.1 Å². The fourth-order valence-electron chi connectivity index (χ4n) is 4.15. The number of pyridine rings is 1. The number of rotatable bonds is 8. The lowest BCUT2D eigenvalue weighted by molar-refractivity contribution is 0.0899. The van der Waals surface area contributed by atoms with Crippen molar-refractivity contribution in [3.63, 3.8) is 0 Å². The maximum Gasteiger partial charge on any atom is 0.289 e. The minimum atomic E-state index is -0.333. The quantitative estimate of drug-likeness (QED) is 0.525. The Bertz CT molecular complexity index is 1110. The second kappa shape index (κ2) is 10.6. The van der Waals surface area contributed by atoms with Crippen LogP contribution in [0.4, 0.5) is 16.0 Å². The fourth-order valence-corrected chi connectivity index (χ4v) is 4.15. The fraction of sp³-hybridized carbons (Fsp3) is 0.400. The highest BCUT2D eigenvalue weighted by molar-refractivity contribution is 5.93. The van der Waals surface area contributed by atoms with Crippen LogP contribution in [0.3, 0.4) is 0 Å². The first-order chi connectivity index (χ1) is 16.4. The molecule has 1 unspecified atom stereocenters. The topological polar surface area (TPSA) is 101 Å². The molecule has 1 aliphatic heterocycles. The third-order valence-electron chi connectivity index (χ3n) is 5.84. The molecule has 0 spiro atoms. The largest absolute Gasteiger partial charge is 0.431 e. The summed E-state index contributed by atoms with van der Waals surface area (Å²) >= 11 is 0. The normalized spacial score (nSPS) is 15.3. The number of aromatic nitrogens is 2. The summed E-state index contributed by atoms with van der Waals surface area (Å²) in [5.74, 6) is 1.36. The summed E-state index contributed by atoms with van der Waals surface area (Å²) in [7, 11) is 0. The molecule has 1 atom stereocenters. The van der Waals surface area contributed by atoms with E-state index < -0.39 is 0 Å². The highest BCUT2D eigenvalue weighted by atomic mass is 19.1. The first-order valence-electron chi connectivity index (χ1n) is 11.7. The van der Waals surface area contributed by atoms with Gasteiger partial charge in [-0.25, -0.2) is 14.4 Å². The molecule has 1 amide bonds. The molecule has 8 nitrogen and oxygen atoms in total. The second-order valence-corrected chi connectivity index (χ2v) is 8.63. The summed E-state index contributed by atoms with van der Waals surface area (Å²) < 4.78 is 19.1. The second-order valence-electron chi connectivity index (χ2n) is 8.63. The number of nitrogens with zero attached hydrogens (tertiary/aromatic N) is 4. The summed E-state index contributed by atoms with van der Waals surface area (Å²) in [4.78, 5) is 26.5. The third kappa shape index (κ3) is 5.72. The van der Waals surface area contributed by atoms with Crippen molar-refractivity contribution in [3.8, 4) is 11.5 Å². The molecule has 0 aliphatic carbocycles. The van der Waals surface area contributed by atoms with Crippen LogP contribution in [0, 0.1) is 5.82 Å². The molecule has 9 heteroatoms. The molecule has 34 heavy (non-hydrogen) atoms. The van der Waals surface area contributed by atoms with Crippen molar-refractivity contribution in [1.82, 2.24) is 20.2 Å². The molecular weight excluding hydrogens is 435 g/mol. The predicted molar refractivity (Wildman–Crippen MR) is 130 cm³/mol. The van der Waals surface area contributed by atoms with Crippen molar-refractivity contribution in [1.29, 1.82) is 0 Å². The average molecular weight is 467 g/mol. The maximum atomic E-state index is 13.3. The predicted octanol–water partition coefficient (Wildman–Crippen LogP) is 3.35. The number of amides is 1. The Morgan fingerprint density at radius 1 is 1.15 bits per heavy atom. The highest BCUT2D eigenvalue weighted by Crippen LogP contribution is 2.23. The number of oxazole rings is 1. The molecule has 4 rings (SSSR count). The van der Waals surface area contributed by atoms with Gasteiger partial charge in [-0.15, -0.1) is 0 Å². The van der Waals surface area contributed by atoms with Gasteiger partial charge < -0.3 is 20.4 Å². The number of anilines is 2. The van der Waals surface area contributed by atoms with Gasteiger partial charge in [0.15, 0.2) is 0 Å². The van der Waals surface area contributed by atoms with Crippen LogP contribution in [0.1, 0.15) is 36.5 Å². The van der Waals surface area contributed by atoms with Crippen LogP contribution in [0.25, 0.3) is 11.5 Å². The number of hydrogen-bond donors (Lipinski definition) is 2. The molecule has 2 aromatic heterocycles. The first kappa shape index (κ1) is 23.7. The summed E-state index contributed by atoms with van der Waals surface area (Å²) in [6.07, 6.45) is 1.46. The van der Waals surface area contributed by atoms with Crippen molar-refractivity contribution >= 4 is 17.5 Å². The summed E-state index contributed by atoms with van der Waals surface area (Å²) in [5, 5.41) is 3.05. The van der Waals surface area contributed by atoms with E-state index in [-0.39, 0.29) is 23.5 Å². The Hall–Kier alpha value is -3.46. The molecule has 180 valence electrons. The maximum absolute atomic E-state index is 13.3. The van der Waals surface area contributed by atoms with Gasteiger partial charge in [-0.1, -0.05) is 19.4 Å². The third-order valence-corrected chi connectivity index (χ3v) is 5.84. The SMILES string of the molecule is CCCc1nc(-c2ccc(F)cc2)oc1C(=O)NC(C)CN1CCN(c2cccc(N)n2)CC1. The molecule has 3 aromatic rings. The monoisotopic (exact) mass is 466 g/mol. The molecule has 1 aliphatic rings. The first-order valence-corrected chi connectivity index (χ1v) is 11.7. The zero-order valence-corrected chi connectivity index (χ0v) is 19.6.